The molecule has 0 aliphatic rings. The first-order valence-electron chi connectivity index (χ1n) is 22.9. The van der Waals surface area contributed by atoms with Gasteiger partial charge in [-0.15, -0.1) is 5.75 Å². The molecule has 0 spiro atoms. The van der Waals surface area contributed by atoms with Crippen LogP contribution < -0.4 is 14.6 Å². The van der Waals surface area contributed by atoms with Crippen molar-refractivity contribution in [3.63, 3.8) is 0 Å². The molecule has 0 atom stereocenters. The number of phenolic OH excluding ortho intramolecular Hbond substituents is 1. The zero-order valence-electron chi connectivity index (χ0n) is 37.7. The van der Waals surface area contributed by atoms with Gasteiger partial charge in [0.05, 0.1) is 9.79 Å². The predicted molar refractivity (Wildman–Crippen MR) is 251 cm³/mol. The average molecular weight is 935 g/mol. The van der Waals surface area contributed by atoms with E-state index in [1.54, 1.807) is 24.3 Å². The zero-order valence-corrected chi connectivity index (χ0v) is 41.6. The van der Waals surface area contributed by atoms with Crippen LogP contribution in [0.4, 0.5) is 0 Å². The maximum Gasteiger partial charge on any atom is 2.00 e. The van der Waals surface area contributed by atoms with Crippen LogP contribution in [-0.2, 0) is 33.1 Å². The molecular formula is C50H70CaO10S2. The predicted octanol–water partition coefficient (Wildman–Crippen LogP) is 13.2. The molecule has 4 rings (SSSR count). The number of aromatic hydroxyl groups is 1. The summed E-state index contributed by atoms with van der Waals surface area (Å²) in [4.78, 5) is -0.477. The SMILES string of the molecule is CCCCCCCCCCCCCc1cc(Oc2ccc(S(=O)(=O)O)cc2)ccc1O.CCCCCCCCCCCCCc1cc(Oc2ccc(S(=O)(=O)[O-])cc2)ccc1[O-].[Ca+2]. The second-order valence-corrected chi connectivity index (χ2v) is 19.0. The van der Waals surface area contributed by atoms with Gasteiger partial charge in [-0.25, -0.2) is 8.42 Å². The largest absolute Gasteiger partial charge is 2.00 e. The van der Waals surface area contributed by atoms with Crippen molar-refractivity contribution >= 4 is 58.0 Å². The number of ether oxygens (including phenoxy) is 2. The smallest absolute Gasteiger partial charge is 0.872 e. The van der Waals surface area contributed by atoms with E-state index in [4.69, 9.17) is 14.0 Å². The van der Waals surface area contributed by atoms with Gasteiger partial charge in [0.1, 0.15) is 38.9 Å². The maximum atomic E-state index is 12.1. The summed E-state index contributed by atoms with van der Waals surface area (Å²) in [6.07, 6.45) is 29.5. The van der Waals surface area contributed by atoms with Crippen LogP contribution >= 0.6 is 0 Å². The van der Waals surface area contributed by atoms with Crippen molar-refractivity contribution in [3.8, 4) is 34.5 Å². The Hall–Kier alpha value is -2.84. The van der Waals surface area contributed by atoms with E-state index in [0.717, 1.165) is 49.7 Å². The fourth-order valence-electron chi connectivity index (χ4n) is 7.23. The van der Waals surface area contributed by atoms with Crippen molar-refractivity contribution in [3.05, 3.63) is 96.1 Å². The Labute approximate surface area is 408 Å². The number of unbranched alkanes of at least 4 members (excludes halogenated alkanes) is 20. The molecule has 0 radical (unpaired) electrons. The number of rotatable bonds is 30. The molecule has 10 nitrogen and oxygen atoms in total. The van der Waals surface area contributed by atoms with Crippen LogP contribution in [0.15, 0.2) is 94.7 Å². The summed E-state index contributed by atoms with van der Waals surface area (Å²) < 4.78 is 75.8. The van der Waals surface area contributed by atoms with Gasteiger partial charge in [0.25, 0.3) is 10.1 Å². The number of aryl methyl sites for hydroxylation is 2. The molecule has 63 heavy (non-hydrogen) atoms. The molecule has 0 fully saturated rings. The fourth-order valence-corrected chi connectivity index (χ4v) is 8.18. The second-order valence-electron chi connectivity index (χ2n) is 16.2. The molecule has 0 aliphatic heterocycles. The summed E-state index contributed by atoms with van der Waals surface area (Å²) in [6, 6.07) is 20.8. The van der Waals surface area contributed by atoms with E-state index in [9.17, 15) is 31.6 Å². The summed E-state index contributed by atoms with van der Waals surface area (Å²) >= 11 is 0. The van der Waals surface area contributed by atoms with Gasteiger partial charge in [0, 0.05) is 0 Å². The molecule has 0 heterocycles. The number of phenols is 1. The van der Waals surface area contributed by atoms with Crippen LogP contribution in [0, 0.1) is 0 Å². The third-order valence-corrected chi connectivity index (χ3v) is 12.6. The van der Waals surface area contributed by atoms with Gasteiger partial charge in [-0.1, -0.05) is 154 Å². The Balaban J connectivity index is 0.000000427. The van der Waals surface area contributed by atoms with E-state index in [-0.39, 0.29) is 59.0 Å². The monoisotopic (exact) mass is 934 g/mol. The van der Waals surface area contributed by atoms with Crippen LogP contribution in [0.2, 0.25) is 0 Å². The third-order valence-electron chi connectivity index (χ3n) is 10.9. The van der Waals surface area contributed by atoms with Crippen LogP contribution in [0.5, 0.6) is 34.5 Å². The number of benzene rings is 4. The number of hydrogen-bond donors (Lipinski definition) is 2. The zero-order chi connectivity index (χ0) is 45.1. The molecule has 0 aliphatic carbocycles. The van der Waals surface area contributed by atoms with E-state index in [2.05, 4.69) is 13.8 Å². The van der Waals surface area contributed by atoms with Gasteiger partial charge >= 0.3 is 37.7 Å². The number of hydrogen-bond acceptors (Lipinski definition) is 9. The molecule has 0 aromatic heterocycles. The van der Waals surface area contributed by atoms with Crippen molar-refractivity contribution in [1.82, 2.24) is 0 Å². The van der Waals surface area contributed by atoms with Crippen molar-refractivity contribution in [2.75, 3.05) is 0 Å². The fraction of sp³-hybridized carbons (Fsp3) is 0.520. The quantitative estimate of drug-likeness (QED) is 0.0291. The van der Waals surface area contributed by atoms with E-state index in [1.807, 2.05) is 6.07 Å². The van der Waals surface area contributed by atoms with E-state index in [0.29, 0.717) is 23.0 Å². The van der Waals surface area contributed by atoms with Crippen molar-refractivity contribution in [2.45, 2.75) is 178 Å². The molecular weight excluding hydrogens is 865 g/mol. The Morgan fingerprint density at radius 2 is 0.794 bits per heavy atom. The van der Waals surface area contributed by atoms with Crippen molar-refractivity contribution < 1.29 is 45.6 Å². The summed E-state index contributed by atoms with van der Waals surface area (Å²) in [7, 11) is -8.70. The van der Waals surface area contributed by atoms with Gasteiger partial charge in [-0.2, -0.15) is 8.42 Å². The van der Waals surface area contributed by atoms with Gasteiger partial charge < -0.3 is 24.2 Å². The molecule has 344 valence electrons. The Kier molecular flexibility index (Phi) is 28.5. The molecule has 0 bridgehead atoms. The standard InChI is InChI=1S/2C25H36O5S.Ca/c2*1-2-3-4-5-6-7-8-9-10-11-12-13-21-20-23(16-19-25(21)26)30-22-14-17-24(18-15-22)31(27,28)29;/h2*14-20,26H,2-13H2,1H3,(H,27,28,29);/q;;+2/p-2. The second kappa shape index (κ2) is 31.9. The molecule has 0 saturated heterocycles. The first-order chi connectivity index (χ1) is 29.8. The molecule has 0 unspecified atom stereocenters. The van der Waals surface area contributed by atoms with Gasteiger partial charge in [-0.05, 0) is 110 Å². The molecule has 0 amide bonds. The minimum atomic E-state index is -4.48. The van der Waals surface area contributed by atoms with Gasteiger partial charge in [-0.3, -0.25) is 4.55 Å². The maximum absolute atomic E-state index is 12.1. The Morgan fingerprint density at radius 3 is 1.19 bits per heavy atom. The van der Waals surface area contributed by atoms with Crippen LogP contribution in [-0.4, -0.2) is 68.8 Å². The first-order valence-corrected chi connectivity index (χ1v) is 25.8. The minimum Gasteiger partial charge on any atom is -0.872 e. The average Bonchev–Trinajstić information content (AvgIpc) is 3.24. The summed E-state index contributed by atoms with van der Waals surface area (Å²) in [5, 5.41) is 22.3. The van der Waals surface area contributed by atoms with Crippen molar-refractivity contribution in [1.29, 1.82) is 0 Å². The third kappa shape index (κ3) is 24.3. The van der Waals surface area contributed by atoms with Crippen LogP contribution in [0.3, 0.4) is 0 Å². The van der Waals surface area contributed by atoms with Gasteiger partial charge in [0.2, 0.25) is 0 Å². The molecule has 4 aromatic carbocycles. The van der Waals surface area contributed by atoms with E-state index in [1.165, 1.54) is 170 Å². The first kappa shape index (κ1) is 56.3. The van der Waals surface area contributed by atoms with Crippen LogP contribution in [0.25, 0.3) is 0 Å². The van der Waals surface area contributed by atoms with E-state index >= 15 is 0 Å². The molecule has 0 saturated carbocycles. The molecule has 2 N–H and O–H groups in total. The minimum absolute atomic E-state index is 0. The van der Waals surface area contributed by atoms with E-state index < -0.39 is 20.2 Å². The van der Waals surface area contributed by atoms with Crippen LogP contribution in [0.1, 0.15) is 166 Å². The van der Waals surface area contributed by atoms with Gasteiger partial charge in [0.15, 0.2) is 0 Å². The summed E-state index contributed by atoms with van der Waals surface area (Å²) in [5.74, 6) is 2.24. The Morgan fingerprint density at radius 1 is 0.460 bits per heavy atom. The molecule has 4 aromatic rings. The molecule has 13 heteroatoms. The Bertz CT molecular complexity index is 1910. The summed E-state index contributed by atoms with van der Waals surface area (Å²) in [6.45, 7) is 4.49. The topological polar surface area (TPSA) is 173 Å². The normalized spacial score (nSPS) is 11.4. The van der Waals surface area contributed by atoms with Crippen molar-refractivity contribution in [2.24, 2.45) is 0 Å². The summed E-state index contributed by atoms with van der Waals surface area (Å²) in [5.41, 5.74) is 1.58.